The summed E-state index contributed by atoms with van der Waals surface area (Å²) in [6, 6.07) is 18.4. The molecule has 0 bridgehead atoms. The molecule has 0 aliphatic carbocycles. The summed E-state index contributed by atoms with van der Waals surface area (Å²) < 4.78 is 5.93. The van der Waals surface area contributed by atoms with Crippen LogP contribution in [-0.2, 0) is 4.79 Å². The third-order valence-electron chi connectivity index (χ3n) is 5.82. The van der Waals surface area contributed by atoms with Crippen molar-refractivity contribution in [2.24, 2.45) is 4.99 Å². The molecule has 3 aromatic rings. The van der Waals surface area contributed by atoms with E-state index < -0.39 is 4.92 Å². The molecule has 1 saturated heterocycles. The highest BCUT2D eigenvalue weighted by atomic mass is 32.2. The highest BCUT2D eigenvalue weighted by Crippen LogP contribution is 2.32. The summed E-state index contributed by atoms with van der Waals surface area (Å²) >= 11 is 1.36. The highest BCUT2D eigenvalue weighted by Gasteiger charge is 2.29. The Morgan fingerprint density at radius 2 is 1.65 bits per heavy atom. The Morgan fingerprint density at radius 1 is 0.971 bits per heavy atom. The van der Waals surface area contributed by atoms with Crippen LogP contribution >= 0.6 is 11.8 Å². The van der Waals surface area contributed by atoms with E-state index in [2.05, 4.69) is 14.8 Å². The quantitative estimate of drug-likeness (QED) is 0.300. The molecule has 9 heteroatoms. The van der Waals surface area contributed by atoms with Crippen molar-refractivity contribution in [2.45, 2.75) is 6.92 Å². The Balaban J connectivity index is 1.21. The summed E-state index contributed by atoms with van der Waals surface area (Å²) in [4.78, 5) is 32.0. The monoisotopic (exact) mass is 474 g/mol. The zero-order valence-corrected chi connectivity index (χ0v) is 19.3. The zero-order valence-electron chi connectivity index (χ0n) is 18.5. The van der Waals surface area contributed by atoms with Crippen LogP contribution in [0.3, 0.4) is 0 Å². The lowest BCUT2D eigenvalue weighted by Gasteiger charge is -2.36. The van der Waals surface area contributed by atoms with Gasteiger partial charge in [0.25, 0.3) is 11.6 Å². The first-order chi connectivity index (χ1) is 16.5. The van der Waals surface area contributed by atoms with Gasteiger partial charge in [0.05, 0.1) is 9.83 Å². The van der Waals surface area contributed by atoms with E-state index in [-0.39, 0.29) is 11.6 Å². The summed E-state index contributed by atoms with van der Waals surface area (Å²) in [5.74, 6) is 1.11. The van der Waals surface area contributed by atoms with Crippen molar-refractivity contribution < 1.29 is 14.1 Å². The minimum atomic E-state index is -0.397. The average molecular weight is 475 g/mol. The summed E-state index contributed by atoms with van der Waals surface area (Å²) in [5, 5.41) is 11.6. The molecule has 34 heavy (non-hydrogen) atoms. The van der Waals surface area contributed by atoms with E-state index in [9.17, 15) is 14.9 Å². The molecule has 172 valence electrons. The second-order valence-corrected chi connectivity index (χ2v) is 9.13. The Kier molecular flexibility index (Phi) is 5.93. The first-order valence-corrected chi connectivity index (χ1v) is 11.7. The van der Waals surface area contributed by atoms with E-state index in [0.29, 0.717) is 28.9 Å². The van der Waals surface area contributed by atoms with E-state index >= 15 is 0 Å². The fourth-order valence-electron chi connectivity index (χ4n) is 3.91. The number of hydrogen-bond donors (Lipinski definition) is 0. The summed E-state index contributed by atoms with van der Waals surface area (Å²) in [5.41, 5.74) is 3.21. The van der Waals surface area contributed by atoms with Gasteiger partial charge in [-0.1, -0.05) is 29.8 Å². The molecule has 3 heterocycles. The first kappa shape index (κ1) is 22.0. The summed E-state index contributed by atoms with van der Waals surface area (Å²) in [6.07, 6.45) is 1.74. The number of amides is 1. The molecule has 1 amide bonds. The van der Waals surface area contributed by atoms with E-state index in [1.807, 2.05) is 43.3 Å². The highest BCUT2D eigenvalue weighted by molar-refractivity contribution is 8.18. The number of anilines is 1. The molecular formula is C25H22N4O4S. The minimum Gasteiger partial charge on any atom is -0.457 e. The Morgan fingerprint density at radius 3 is 2.32 bits per heavy atom. The van der Waals surface area contributed by atoms with Crippen molar-refractivity contribution in [3.05, 3.63) is 87.0 Å². The third kappa shape index (κ3) is 4.60. The molecule has 0 radical (unpaired) electrons. The van der Waals surface area contributed by atoms with Gasteiger partial charge in [-0.05, 0) is 43.0 Å². The maximum absolute atomic E-state index is 12.5. The second-order valence-electron chi connectivity index (χ2n) is 8.13. The maximum atomic E-state index is 12.5. The largest absolute Gasteiger partial charge is 0.457 e. The Labute approximate surface area is 200 Å². The Hall–Kier alpha value is -3.85. The van der Waals surface area contributed by atoms with Crippen LogP contribution in [0.15, 0.2) is 75.0 Å². The van der Waals surface area contributed by atoms with E-state index in [4.69, 9.17) is 4.42 Å². The molecule has 2 aliphatic rings. The fraction of sp³-hybridized carbons (Fsp3) is 0.200. The van der Waals surface area contributed by atoms with Gasteiger partial charge in [-0.2, -0.15) is 4.99 Å². The van der Waals surface area contributed by atoms with Gasteiger partial charge in [0.15, 0.2) is 5.17 Å². The Bertz CT molecular complexity index is 1290. The van der Waals surface area contributed by atoms with Crippen LogP contribution in [-0.4, -0.2) is 47.1 Å². The smallest absolute Gasteiger partial charge is 0.286 e. The third-order valence-corrected chi connectivity index (χ3v) is 6.87. The molecular weight excluding hydrogens is 452 g/mol. The predicted octanol–water partition coefficient (Wildman–Crippen LogP) is 4.96. The van der Waals surface area contributed by atoms with Crippen molar-refractivity contribution in [2.75, 3.05) is 31.1 Å². The number of benzene rings is 2. The van der Waals surface area contributed by atoms with Crippen LogP contribution in [0.25, 0.3) is 17.4 Å². The number of non-ortho nitro benzene ring substituents is 1. The molecule has 2 aliphatic heterocycles. The molecule has 5 rings (SSSR count). The number of thioether (sulfide) groups is 1. The van der Waals surface area contributed by atoms with Gasteiger partial charge in [0.1, 0.15) is 11.5 Å². The molecule has 8 nitrogen and oxygen atoms in total. The van der Waals surface area contributed by atoms with E-state index in [1.165, 1.54) is 29.5 Å². The lowest BCUT2D eigenvalue weighted by Crippen LogP contribution is -2.47. The van der Waals surface area contributed by atoms with Crippen LogP contribution in [0.4, 0.5) is 11.4 Å². The average Bonchev–Trinajstić information content (AvgIpc) is 3.47. The molecule has 0 unspecified atom stereocenters. The number of nitro groups is 1. The fourth-order valence-corrected chi connectivity index (χ4v) is 4.85. The second kappa shape index (κ2) is 9.18. The van der Waals surface area contributed by atoms with Crippen LogP contribution in [0, 0.1) is 17.0 Å². The topological polar surface area (TPSA) is 92.2 Å². The zero-order chi connectivity index (χ0) is 23.7. The van der Waals surface area contributed by atoms with Crippen LogP contribution in [0.5, 0.6) is 0 Å². The number of rotatable bonds is 4. The number of piperazine rings is 1. The number of amidine groups is 1. The molecule has 1 fully saturated rings. The van der Waals surface area contributed by atoms with Gasteiger partial charge in [-0.25, -0.2) is 0 Å². The molecule has 0 atom stereocenters. The lowest BCUT2D eigenvalue weighted by molar-refractivity contribution is -0.384. The lowest BCUT2D eigenvalue weighted by atomic mass is 10.1. The van der Waals surface area contributed by atoms with Crippen LogP contribution in [0.1, 0.15) is 11.3 Å². The predicted molar refractivity (Wildman–Crippen MR) is 134 cm³/mol. The van der Waals surface area contributed by atoms with Gasteiger partial charge in [0, 0.05) is 55.6 Å². The van der Waals surface area contributed by atoms with Crippen molar-refractivity contribution in [3.8, 4) is 11.3 Å². The van der Waals surface area contributed by atoms with Crippen molar-refractivity contribution in [3.63, 3.8) is 0 Å². The maximum Gasteiger partial charge on any atom is 0.286 e. The summed E-state index contributed by atoms with van der Waals surface area (Å²) in [7, 11) is 0. The number of aliphatic imine (C=N–C) groups is 1. The number of nitro benzene ring substituents is 1. The minimum absolute atomic E-state index is 0.0828. The number of furan rings is 1. The van der Waals surface area contributed by atoms with E-state index in [0.717, 1.165) is 30.1 Å². The van der Waals surface area contributed by atoms with Crippen LogP contribution in [0.2, 0.25) is 0 Å². The molecule has 0 saturated carbocycles. The number of aryl methyl sites for hydroxylation is 1. The van der Waals surface area contributed by atoms with Crippen LogP contribution < -0.4 is 4.90 Å². The van der Waals surface area contributed by atoms with Gasteiger partial charge >= 0.3 is 0 Å². The van der Waals surface area contributed by atoms with Crippen molar-refractivity contribution in [1.29, 1.82) is 0 Å². The standard InChI is InChI=1S/C25H22N4O4S/c1-17-2-4-18(5-3-17)22-11-10-21(33-22)16-23-24(30)26-25(34-23)28-14-12-27(13-15-28)19-6-8-20(9-7-19)29(31)32/h2-11,16H,12-15H2,1H3/b23-16-. The van der Waals surface area contributed by atoms with Crippen molar-refractivity contribution >= 4 is 40.3 Å². The van der Waals surface area contributed by atoms with Gasteiger partial charge in [-0.3, -0.25) is 14.9 Å². The van der Waals surface area contributed by atoms with Crippen molar-refractivity contribution in [1.82, 2.24) is 4.90 Å². The normalized spacial score (nSPS) is 17.4. The molecule has 0 spiro atoms. The number of nitrogens with zero attached hydrogens (tertiary/aromatic N) is 4. The molecule has 2 aromatic carbocycles. The number of carbonyl (C=O) groups is 1. The van der Waals surface area contributed by atoms with Gasteiger partial charge in [-0.15, -0.1) is 0 Å². The number of hydrogen-bond acceptors (Lipinski definition) is 7. The van der Waals surface area contributed by atoms with Gasteiger partial charge < -0.3 is 14.2 Å². The SMILES string of the molecule is Cc1ccc(-c2ccc(/C=C3\SC(N4CCN(c5ccc([N+](=O)[O-])cc5)CC4)=NC3=O)o2)cc1. The first-order valence-electron chi connectivity index (χ1n) is 10.9. The molecule has 1 aromatic heterocycles. The summed E-state index contributed by atoms with van der Waals surface area (Å²) in [6.45, 7) is 4.94. The van der Waals surface area contributed by atoms with E-state index in [1.54, 1.807) is 18.2 Å². The number of carbonyl (C=O) groups excluding carboxylic acids is 1. The molecule has 0 N–H and O–H groups in total. The van der Waals surface area contributed by atoms with Gasteiger partial charge in [0.2, 0.25) is 0 Å².